The largest absolute Gasteiger partial charge is 0.358 e. The Balaban J connectivity index is 1.63. The van der Waals surface area contributed by atoms with Crippen LogP contribution in [0.5, 0.6) is 0 Å². The molecule has 2 aromatic rings. The lowest BCUT2D eigenvalue weighted by atomic mass is 10.0. The van der Waals surface area contributed by atoms with Gasteiger partial charge in [0.05, 0.1) is 17.4 Å². The Labute approximate surface area is 200 Å². The summed E-state index contributed by atoms with van der Waals surface area (Å²) in [6, 6.07) is 4.91. The number of nitrogens with one attached hydrogen (secondary N) is 3. The summed E-state index contributed by atoms with van der Waals surface area (Å²) in [5, 5.41) is 2.81. The quantitative estimate of drug-likeness (QED) is 0.497. The molecule has 0 unspecified atom stereocenters. The van der Waals surface area contributed by atoms with Gasteiger partial charge >= 0.3 is 0 Å². The summed E-state index contributed by atoms with van der Waals surface area (Å²) < 4.78 is 25.7. The van der Waals surface area contributed by atoms with E-state index in [9.17, 15) is 18.0 Å². The summed E-state index contributed by atoms with van der Waals surface area (Å²) in [6.07, 6.45) is 3.55. The van der Waals surface area contributed by atoms with Gasteiger partial charge in [0.25, 0.3) is 11.8 Å². The number of nitrogens with zero attached hydrogens (tertiary/aromatic N) is 2. The average Bonchev–Trinajstić information content (AvgIpc) is 3.26. The van der Waals surface area contributed by atoms with Gasteiger partial charge in [-0.3, -0.25) is 14.3 Å². The number of hydrogen-bond acceptors (Lipinski definition) is 5. The monoisotopic (exact) mass is 485 g/mol. The summed E-state index contributed by atoms with van der Waals surface area (Å²) in [4.78, 5) is 33.5. The van der Waals surface area contributed by atoms with E-state index in [1.165, 1.54) is 0 Å². The topological polar surface area (TPSA) is 115 Å². The first-order valence-electron chi connectivity index (χ1n) is 11.5. The van der Waals surface area contributed by atoms with E-state index >= 15 is 0 Å². The predicted octanol–water partition coefficient (Wildman–Crippen LogP) is 2.53. The molecule has 0 atom stereocenters. The zero-order valence-electron chi connectivity index (χ0n) is 20.0. The first kappa shape index (κ1) is 24.0. The number of amides is 2. The summed E-state index contributed by atoms with van der Waals surface area (Å²) in [5.74, 6) is -0.256. The van der Waals surface area contributed by atoms with E-state index < -0.39 is 10.0 Å². The molecular formula is C24H31N5O4S. The van der Waals surface area contributed by atoms with E-state index in [-0.39, 0.29) is 11.8 Å². The fourth-order valence-electron chi connectivity index (χ4n) is 4.58. The number of rotatable bonds is 8. The van der Waals surface area contributed by atoms with Crippen LogP contribution in [-0.2, 0) is 21.2 Å². The number of H-pyrrole nitrogens is 1. The van der Waals surface area contributed by atoms with Gasteiger partial charge in [0.2, 0.25) is 10.0 Å². The van der Waals surface area contributed by atoms with Crippen LogP contribution < -0.4 is 10.0 Å². The third kappa shape index (κ3) is 4.74. The normalized spacial score (nSPS) is 16.7. The molecule has 0 aliphatic carbocycles. The maximum Gasteiger partial charge on any atom is 0.256 e. The molecule has 2 amide bonds. The Bertz CT molecular complexity index is 1270. The smallest absolute Gasteiger partial charge is 0.256 e. The van der Waals surface area contributed by atoms with Crippen molar-refractivity contribution in [3.05, 3.63) is 46.3 Å². The van der Waals surface area contributed by atoms with Gasteiger partial charge in [-0.05, 0) is 49.9 Å². The molecule has 182 valence electrons. The van der Waals surface area contributed by atoms with Crippen molar-refractivity contribution in [2.45, 2.75) is 27.2 Å². The molecule has 34 heavy (non-hydrogen) atoms. The van der Waals surface area contributed by atoms with Crippen LogP contribution in [0.4, 0.5) is 11.4 Å². The van der Waals surface area contributed by atoms with Gasteiger partial charge in [-0.25, -0.2) is 8.42 Å². The van der Waals surface area contributed by atoms with Crippen LogP contribution in [0.2, 0.25) is 0 Å². The van der Waals surface area contributed by atoms with Crippen molar-refractivity contribution in [2.75, 3.05) is 49.0 Å². The Morgan fingerprint density at radius 2 is 1.94 bits per heavy atom. The van der Waals surface area contributed by atoms with Crippen LogP contribution in [-0.4, -0.2) is 74.0 Å². The van der Waals surface area contributed by atoms with E-state index in [4.69, 9.17) is 0 Å². The minimum absolute atomic E-state index is 0.0164. The number of benzene rings is 1. The number of sulfonamides is 1. The zero-order chi connectivity index (χ0) is 24.6. The molecule has 0 saturated heterocycles. The summed E-state index contributed by atoms with van der Waals surface area (Å²) >= 11 is 0. The van der Waals surface area contributed by atoms with Gasteiger partial charge in [0.15, 0.2) is 0 Å². The van der Waals surface area contributed by atoms with Crippen LogP contribution in [0.15, 0.2) is 18.2 Å². The van der Waals surface area contributed by atoms with Gasteiger partial charge in [-0.15, -0.1) is 0 Å². The second-order valence-corrected chi connectivity index (χ2v) is 10.5. The van der Waals surface area contributed by atoms with Crippen molar-refractivity contribution in [2.24, 2.45) is 0 Å². The lowest BCUT2D eigenvalue weighted by molar-refractivity contribution is -0.110. The van der Waals surface area contributed by atoms with Gasteiger partial charge < -0.3 is 20.1 Å². The lowest BCUT2D eigenvalue weighted by Gasteiger charge is -2.29. The molecule has 9 nitrogen and oxygen atoms in total. The Morgan fingerprint density at radius 3 is 2.62 bits per heavy atom. The molecule has 0 radical (unpaired) electrons. The molecule has 10 heteroatoms. The second-order valence-electron chi connectivity index (χ2n) is 8.73. The molecule has 3 N–H and O–H groups in total. The van der Waals surface area contributed by atoms with Crippen LogP contribution >= 0.6 is 0 Å². The van der Waals surface area contributed by atoms with Gasteiger partial charge in [0.1, 0.15) is 0 Å². The fourth-order valence-corrected chi connectivity index (χ4v) is 5.13. The third-order valence-corrected chi connectivity index (χ3v) is 7.08. The molecule has 0 saturated carbocycles. The van der Waals surface area contributed by atoms with Crippen LogP contribution in [0.1, 0.15) is 46.7 Å². The highest BCUT2D eigenvalue weighted by molar-refractivity contribution is 7.92. The van der Waals surface area contributed by atoms with Gasteiger partial charge in [0, 0.05) is 54.4 Å². The number of hydrogen-bond donors (Lipinski definition) is 3. The number of fused-ring (bicyclic) bond motifs is 2. The van der Waals surface area contributed by atoms with E-state index in [2.05, 4.69) is 33.8 Å². The highest BCUT2D eigenvalue weighted by Gasteiger charge is 2.30. The summed E-state index contributed by atoms with van der Waals surface area (Å²) in [5.41, 5.74) is 5.11. The molecule has 1 aromatic heterocycles. The first-order valence-corrected chi connectivity index (χ1v) is 13.4. The highest BCUT2D eigenvalue weighted by atomic mass is 32.2. The minimum atomic E-state index is -3.44. The maximum absolute atomic E-state index is 13.2. The molecule has 1 aromatic carbocycles. The van der Waals surface area contributed by atoms with Crippen LogP contribution in [0.25, 0.3) is 11.6 Å². The molecule has 2 aliphatic heterocycles. The second kappa shape index (κ2) is 9.27. The Kier molecular flexibility index (Phi) is 6.55. The summed E-state index contributed by atoms with van der Waals surface area (Å²) in [6.45, 7) is 10.2. The molecule has 0 spiro atoms. The number of aromatic amines is 1. The molecule has 0 bridgehead atoms. The Morgan fingerprint density at radius 1 is 1.21 bits per heavy atom. The van der Waals surface area contributed by atoms with Crippen LogP contribution in [0.3, 0.4) is 0 Å². The van der Waals surface area contributed by atoms with Crippen molar-refractivity contribution in [3.8, 4) is 0 Å². The molecule has 3 heterocycles. The van der Waals surface area contributed by atoms with E-state index in [0.717, 1.165) is 43.6 Å². The van der Waals surface area contributed by atoms with Gasteiger partial charge in [-0.1, -0.05) is 13.8 Å². The number of carbonyl (C=O) groups is 2. The van der Waals surface area contributed by atoms with Crippen molar-refractivity contribution in [1.82, 2.24) is 14.8 Å². The number of likely N-dealkylation sites (N-methyl/N-ethyl adjacent to an activating group) is 1. The summed E-state index contributed by atoms with van der Waals surface area (Å²) in [7, 11) is -3.44. The van der Waals surface area contributed by atoms with E-state index in [1.807, 2.05) is 11.8 Å². The van der Waals surface area contributed by atoms with Crippen molar-refractivity contribution in [3.63, 3.8) is 0 Å². The zero-order valence-corrected chi connectivity index (χ0v) is 20.8. The molecule has 4 rings (SSSR count). The molecule has 2 aliphatic rings. The Hall–Kier alpha value is -3.11. The number of carbonyl (C=O) groups excluding carboxylic acids is 2. The van der Waals surface area contributed by atoms with Crippen LogP contribution in [0, 0.1) is 6.92 Å². The lowest BCUT2D eigenvalue weighted by Crippen LogP contribution is -2.42. The first-order chi connectivity index (χ1) is 16.1. The van der Waals surface area contributed by atoms with Gasteiger partial charge in [-0.2, -0.15) is 0 Å². The minimum Gasteiger partial charge on any atom is -0.358 e. The fraction of sp³-hybridized carbons (Fsp3) is 0.417. The molecular weight excluding hydrogens is 454 g/mol. The average molecular weight is 486 g/mol. The number of aromatic nitrogens is 1. The molecule has 0 fully saturated rings. The highest BCUT2D eigenvalue weighted by Crippen LogP contribution is 2.36. The van der Waals surface area contributed by atoms with E-state index in [1.54, 1.807) is 24.3 Å². The van der Waals surface area contributed by atoms with Crippen molar-refractivity contribution >= 4 is 44.9 Å². The standard InChI is InChI=1S/C24H31N5O4S/c1-5-28(6-2)11-12-29-10-9-20-22(24(29)31)15(3)21(25-20)14-18-17-13-16(27-34(4,32)33)7-8-19(17)26-23(18)30/h7-8,13-14,25,27H,5-6,9-12H2,1-4H3,(H,26,30)/b18-14+. The SMILES string of the molecule is CCN(CC)CCN1CCc2[nH]c(/C=C3/C(=O)Nc4ccc(NS(C)(=O)=O)cc43)c(C)c2C1=O. The third-order valence-electron chi connectivity index (χ3n) is 6.47. The number of anilines is 2. The maximum atomic E-state index is 13.2. The predicted molar refractivity (Wildman–Crippen MR) is 134 cm³/mol. The van der Waals surface area contributed by atoms with E-state index in [0.29, 0.717) is 46.9 Å². The van der Waals surface area contributed by atoms with Crippen molar-refractivity contribution in [1.29, 1.82) is 0 Å². The van der Waals surface area contributed by atoms with Crippen molar-refractivity contribution < 1.29 is 18.0 Å².